The summed E-state index contributed by atoms with van der Waals surface area (Å²) in [4.78, 5) is 23.7. The summed E-state index contributed by atoms with van der Waals surface area (Å²) in [5.41, 5.74) is 4.65. The van der Waals surface area contributed by atoms with E-state index in [9.17, 15) is 18.0 Å². The molecule has 8 heteroatoms. The second-order valence-electron chi connectivity index (χ2n) is 8.76. The van der Waals surface area contributed by atoms with E-state index in [2.05, 4.69) is 43.0 Å². The summed E-state index contributed by atoms with van der Waals surface area (Å²) in [5.74, 6) is -2.60. The van der Waals surface area contributed by atoms with Crippen LogP contribution < -0.4 is 5.32 Å². The quantitative estimate of drug-likeness (QED) is 0.230. The van der Waals surface area contributed by atoms with Crippen LogP contribution in [0.15, 0.2) is 58.7 Å². The van der Waals surface area contributed by atoms with Gasteiger partial charge in [-0.1, -0.05) is 55.4 Å². The van der Waals surface area contributed by atoms with Gasteiger partial charge in [0.25, 0.3) is 10.1 Å². The summed E-state index contributed by atoms with van der Waals surface area (Å²) in [5, 5.41) is 2.23. The lowest BCUT2D eigenvalue weighted by Gasteiger charge is -2.32. The summed E-state index contributed by atoms with van der Waals surface area (Å²) >= 11 is 0. The molecule has 0 heterocycles. The summed E-state index contributed by atoms with van der Waals surface area (Å²) in [7, 11) is -3.41. The smallest absolute Gasteiger partial charge is 0.329 e. The Hall–Kier alpha value is -2.45. The van der Waals surface area contributed by atoms with Crippen molar-refractivity contribution in [3.63, 3.8) is 0 Å². The maximum atomic E-state index is 12.1. The second-order valence-corrected chi connectivity index (χ2v) is 10.3. The number of nitrogens with one attached hydrogen (secondary N) is 1. The molecular weight excluding hydrogens is 430 g/mol. The van der Waals surface area contributed by atoms with Crippen LogP contribution in [0.3, 0.4) is 0 Å². The fourth-order valence-corrected chi connectivity index (χ4v) is 4.26. The number of allylic oxidation sites excluding steroid dienone is 9. The molecule has 178 valence electrons. The molecule has 0 saturated carbocycles. The second kappa shape index (κ2) is 12.0. The standard InChI is InChI=1S/C24H35NO6S/c1-17(12-13-20-19(3)11-8-14-24(20,4)5)9-7-10-18(2)15-22(26)25-21(23(27)31-6)16-32(28,29)30/h7,9-10,12-13,15,21H,8,11,14,16H2,1-6H3,(H,25,26)(H,28,29,30)/b10-7?,13-12?,17-9-,18-15?/t21-/m0/s1. The van der Waals surface area contributed by atoms with Crippen LogP contribution in [-0.4, -0.2) is 43.8 Å². The first-order chi connectivity index (χ1) is 14.7. The number of amides is 1. The molecule has 0 aromatic heterocycles. The fourth-order valence-electron chi connectivity index (χ4n) is 3.62. The molecule has 2 N–H and O–H groups in total. The van der Waals surface area contributed by atoms with Crippen LogP contribution in [0.2, 0.25) is 0 Å². The minimum atomic E-state index is -4.47. The van der Waals surface area contributed by atoms with E-state index in [1.165, 1.54) is 30.1 Å². The van der Waals surface area contributed by atoms with Crippen LogP contribution in [0.25, 0.3) is 0 Å². The Morgan fingerprint density at radius 3 is 2.44 bits per heavy atom. The van der Waals surface area contributed by atoms with Crippen LogP contribution in [0.5, 0.6) is 0 Å². The predicted octanol–water partition coefficient (Wildman–Crippen LogP) is 4.06. The van der Waals surface area contributed by atoms with Crippen LogP contribution in [0, 0.1) is 5.41 Å². The molecule has 0 unspecified atom stereocenters. The third-order valence-electron chi connectivity index (χ3n) is 5.31. The van der Waals surface area contributed by atoms with Gasteiger partial charge in [-0.2, -0.15) is 8.42 Å². The van der Waals surface area contributed by atoms with Crippen LogP contribution in [0.4, 0.5) is 0 Å². The van der Waals surface area contributed by atoms with E-state index in [0.717, 1.165) is 19.1 Å². The van der Waals surface area contributed by atoms with E-state index in [1.807, 2.05) is 19.1 Å². The van der Waals surface area contributed by atoms with E-state index < -0.39 is 33.8 Å². The lowest BCUT2D eigenvalue weighted by atomic mass is 9.72. The SMILES string of the molecule is COC(=O)[C@H](CS(=O)(=O)O)NC(=O)C=C(C)C=C/C=C(/C)C=CC1=C(C)CCCC1(C)C. The molecule has 1 atom stereocenters. The number of esters is 1. The number of carbonyl (C=O) groups excluding carboxylic acids is 2. The first-order valence-electron chi connectivity index (χ1n) is 10.5. The number of carbonyl (C=O) groups is 2. The van der Waals surface area contributed by atoms with Gasteiger partial charge < -0.3 is 10.1 Å². The van der Waals surface area contributed by atoms with Gasteiger partial charge in [0.15, 0.2) is 0 Å². The van der Waals surface area contributed by atoms with Crippen molar-refractivity contribution in [2.75, 3.05) is 12.9 Å². The van der Waals surface area contributed by atoms with Crippen LogP contribution >= 0.6 is 0 Å². The van der Waals surface area contributed by atoms with Gasteiger partial charge in [0.05, 0.1) is 7.11 Å². The Balaban J connectivity index is 2.80. The van der Waals surface area contributed by atoms with Crippen molar-refractivity contribution in [2.24, 2.45) is 5.41 Å². The molecule has 0 aromatic rings. The molecule has 0 aliphatic heterocycles. The van der Waals surface area contributed by atoms with Gasteiger partial charge in [-0.15, -0.1) is 0 Å². The minimum absolute atomic E-state index is 0.180. The Bertz CT molecular complexity index is 964. The number of rotatable bonds is 9. The summed E-state index contributed by atoms with van der Waals surface area (Å²) in [6.07, 6.45) is 14.5. The third-order valence-corrected chi connectivity index (χ3v) is 6.07. The molecule has 1 rings (SSSR count). The number of ether oxygens (including phenoxy) is 1. The lowest BCUT2D eigenvalue weighted by Crippen LogP contribution is -2.45. The van der Waals surface area contributed by atoms with Crippen molar-refractivity contribution >= 4 is 22.0 Å². The van der Waals surface area contributed by atoms with Gasteiger partial charge in [0, 0.05) is 6.08 Å². The molecule has 1 aliphatic rings. The molecule has 0 fully saturated rings. The normalized spacial score (nSPS) is 18.8. The highest BCUT2D eigenvalue weighted by molar-refractivity contribution is 7.85. The zero-order valence-electron chi connectivity index (χ0n) is 19.8. The molecule has 1 aliphatic carbocycles. The summed E-state index contributed by atoms with van der Waals surface area (Å²) in [6, 6.07) is -1.50. The van der Waals surface area contributed by atoms with E-state index in [4.69, 9.17) is 4.55 Å². The van der Waals surface area contributed by atoms with Gasteiger partial charge in [0.2, 0.25) is 5.91 Å². The maximum absolute atomic E-state index is 12.1. The number of hydrogen-bond donors (Lipinski definition) is 2. The highest BCUT2D eigenvalue weighted by atomic mass is 32.2. The van der Waals surface area contributed by atoms with Gasteiger partial charge in [-0.25, -0.2) is 4.79 Å². The van der Waals surface area contributed by atoms with Crippen LogP contribution in [0.1, 0.15) is 53.9 Å². The highest BCUT2D eigenvalue weighted by Gasteiger charge is 2.27. The van der Waals surface area contributed by atoms with E-state index in [1.54, 1.807) is 13.0 Å². The fraction of sp³-hybridized carbons (Fsp3) is 0.500. The predicted molar refractivity (Wildman–Crippen MR) is 126 cm³/mol. The molecule has 0 aromatic carbocycles. The summed E-state index contributed by atoms with van der Waals surface area (Å²) < 4.78 is 35.5. The topological polar surface area (TPSA) is 110 Å². The Kier molecular flexibility index (Phi) is 10.3. The maximum Gasteiger partial charge on any atom is 0.329 e. The van der Waals surface area contributed by atoms with Crippen molar-refractivity contribution < 1.29 is 27.3 Å². The molecule has 0 radical (unpaired) electrons. The largest absolute Gasteiger partial charge is 0.467 e. The molecule has 0 bridgehead atoms. The Morgan fingerprint density at radius 1 is 1.22 bits per heavy atom. The van der Waals surface area contributed by atoms with E-state index in [-0.39, 0.29) is 5.41 Å². The molecule has 1 amide bonds. The average molecular weight is 466 g/mol. The highest BCUT2D eigenvalue weighted by Crippen LogP contribution is 2.40. The summed E-state index contributed by atoms with van der Waals surface area (Å²) in [6.45, 7) is 10.4. The zero-order chi connectivity index (χ0) is 24.5. The third kappa shape index (κ3) is 9.78. The molecular formula is C24H35NO6S. The van der Waals surface area contributed by atoms with Gasteiger partial charge >= 0.3 is 5.97 Å². The first-order valence-corrected chi connectivity index (χ1v) is 12.1. The average Bonchev–Trinajstić information content (AvgIpc) is 2.64. The zero-order valence-corrected chi connectivity index (χ0v) is 20.6. The van der Waals surface area contributed by atoms with E-state index in [0.29, 0.717) is 5.57 Å². The number of hydrogen-bond acceptors (Lipinski definition) is 5. The molecule has 32 heavy (non-hydrogen) atoms. The van der Waals surface area contributed by atoms with Crippen molar-refractivity contribution in [2.45, 2.75) is 59.9 Å². The van der Waals surface area contributed by atoms with Crippen molar-refractivity contribution in [1.82, 2.24) is 5.32 Å². The van der Waals surface area contributed by atoms with E-state index >= 15 is 0 Å². The Morgan fingerprint density at radius 2 is 1.88 bits per heavy atom. The molecule has 7 nitrogen and oxygen atoms in total. The van der Waals surface area contributed by atoms with Crippen molar-refractivity contribution in [3.05, 3.63) is 58.7 Å². The molecule has 0 spiro atoms. The van der Waals surface area contributed by atoms with Crippen LogP contribution in [-0.2, 0) is 24.4 Å². The van der Waals surface area contributed by atoms with Gasteiger partial charge in [-0.05, 0) is 56.6 Å². The number of methoxy groups -OCH3 is 1. The van der Waals surface area contributed by atoms with Crippen molar-refractivity contribution in [1.29, 1.82) is 0 Å². The Labute approximate surface area is 191 Å². The minimum Gasteiger partial charge on any atom is -0.467 e. The molecule has 0 saturated heterocycles. The van der Waals surface area contributed by atoms with Gasteiger partial charge in [0.1, 0.15) is 11.8 Å². The van der Waals surface area contributed by atoms with Gasteiger partial charge in [-0.3, -0.25) is 9.35 Å². The first kappa shape index (κ1) is 27.6. The monoisotopic (exact) mass is 465 g/mol. The van der Waals surface area contributed by atoms with Crippen molar-refractivity contribution in [3.8, 4) is 0 Å². The lowest BCUT2D eigenvalue weighted by molar-refractivity contribution is -0.143.